The Morgan fingerprint density at radius 3 is 2.43 bits per heavy atom. The Morgan fingerprint density at radius 1 is 1.07 bits per heavy atom. The Hall–Kier alpha value is -3.19. The number of carbonyl (C=O) groups excluding carboxylic acids is 1. The van der Waals surface area contributed by atoms with Crippen LogP contribution in [-0.2, 0) is 16.7 Å². The summed E-state index contributed by atoms with van der Waals surface area (Å²) in [6, 6.07) is 14.6. The Morgan fingerprint density at radius 2 is 1.77 bits per heavy atom. The van der Waals surface area contributed by atoms with Crippen LogP contribution in [0, 0.1) is 0 Å². The van der Waals surface area contributed by atoms with Gasteiger partial charge >= 0.3 is 11.7 Å². The molecule has 0 atom stereocenters. The molecule has 0 aliphatic carbocycles. The van der Waals surface area contributed by atoms with Crippen LogP contribution in [0.5, 0.6) is 0 Å². The lowest BCUT2D eigenvalue weighted by Crippen LogP contribution is -2.30. The highest BCUT2D eigenvalue weighted by molar-refractivity contribution is 6.04. The Balaban J connectivity index is 1.87. The summed E-state index contributed by atoms with van der Waals surface area (Å²) in [5.74, 6) is 0.422. The van der Waals surface area contributed by atoms with E-state index in [0.29, 0.717) is 42.0 Å². The van der Waals surface area contributed by atoms with Gasteiger partial charge in [-0.05, 0) is 41.7 Å². The molecule has 2 N–H and O–H groups in total. The molecule has 0 saturated carbocycles. The predicted molar refractivity (Wildman–Crippen MR) is 120 cm³/mol. The fourth-order valence-electron chi connectivity index (χ4n) is 3.21. The van der Waals surface area contributed by atoms with Crippen molar-refractivity contribution in [2.75, 3.05) is 24.4 Å². The number of amides is 2. The average Bonchev–Trinajstić information content (AvgIpc) is 2.69. The monoisotopic (exact) mass is 408 g/mol. The largest absolute Gasteiger partial charge is 0.385 e. The molecule has 3 aromatic rings. The average molecular weight is 409 g/mol. The van der Waals surface area contributed by atoms with Crippen molar-refractivity contribution in [2.45, 2.75) is 39.2 Å². The lowest BCUT2D eigenvalue weighted by molar-refractivity contribution is 0.190. The molecule has 0 bridgehead atoms. The number of hydrogen-bond acceptors (Lipinski definition) is 4. The number of benzene rings is 2. The second kappa shape index (κ2) is 9.09. The minimum Gasteiger partial charge on any atom is -0.385 e. The first-order chi connectivity index (χ1) is 14.3. The summed E-state index contributed by atoms with van der Waals surface area (Å²) >= 11 is 0. The molecule has 0 unspecified atom stereocenters. The first kappa shape index (κ1) is 21.5. The van der Waals surface area contributed by atoms with Crippen LogP contribution in [0.4, 0.5) is 16.3 Å². The molecule has 158 valence electrons. The second-order valence-corrected chi connectivity index (χ2v) is 8.16. The number of anilines is 2. The maximum Gasteiger partial charge on any atom is 0.349 e. The Labute approximate surface area is 176 Å². The standard InChI is InChI=1S/C23H28N4O3/c1-23(2,3)16-10-12-17(13-11-16)24-21(28)26-20-18-8-5-6-9-19(18)25-22(29)27(20)14-7-15-30-4/h5-6,8-13H,7,14-15H2,1-4H3,(H2,24,26,28). The normalized spacial score (nSPS) is 11.5. The fourth-order valence-corrected chi connectivity index (χ4v) is 3.21. The van der Waals surface area contributed by atoms with Gasteiger partial charge < -0.3 is 10.1 Å². The zero-order valence-corrected chi connectivity index (χ0v) is 17.9. The number of para-hydroxylation sites is 1. The molecule has 1 heterocycles. The third-order valence-corrected chi connectivity index (χ3v) is 4.85. The van der Waals surface area contributed by atoms with E-state index in [-0.39, 0.29) is 5.41 Å². The highest BCUT2D eigenvalue weighted by atomic mass is 16.5. The summed E-state index contributed by atoms with van der Waals surface area (Å²) < 4.78 is 6.56. The van der Waals surface area contributed by atoms with E-state index in [9.17, 15) is 9.59 Å². The number of carbonyl (C=O) groups is 1. The molecule has 2 amide bonds. The Bertz CT molecular complexity index is 1080. The van der Waals surface area contributed by atoms with Gasteiger partial charge in [0.1, 0.15) is 5.82 Å². The van der Waals surface area contributed by atoms with Crippen molar-refractivity contribution in [2.24, 2.45) is 0 Å². The van der Waals surface area contributed by atoms with Gasteiger partial charge in [-0.25, -0.2) is 9.59 Å². The van der Waals surface area contributed by atoms with E-state index in [2.05, 4.69) is 36.4 Å². The van der Waals surface area contributed by atoms with Gasteiger partial charge in [-0.2, -0.15) is 4.98 Å². The molecule has 30 heavy (non-hydrogen) atoms. The number of aromatic nitrogens is 2. The van der Waals surface area contributed by atoms with E-state index >= 15 is 0 Å². The highest BCUT2D eigenvalue weighted by Gasteiger charge is 2.15. The molecule has 2 aromatic carbocycles. The maximum atomic E-state index is 12.7. The summed E-state index contributed by atoms with van der Waals surface area (Å²) in [6.07, 6.45) is 0.626. The number of urea groups is 1. The summed E-state index contributed by atoms with van der Waals surface area (Å²) in [4.78, 5) is 29.4. The number of hydrogen-bond donors (Lipinski definition) is 2. The third-order valence-electron chi connectivity index (χ3n) is 4.85. The topological polar surface area (TPSA) is 85.2 Å². The van der Waals surface area contributed by atoms with Crippen molar-refractivity contribution in [3.8, 4) is 0 Å². The van der Waals surface area contributed by atoms with Gasteiger partial charge in [0.25, 0.3) is 0 Å². The molecular weight excluding hydrogens is 380 g/mol. The fraction of sp³-hybridized carbons (Fsp3) is 0.348. The smallest absolute Gasteiger partial charge is 0.349 e. The zero-order valence-electron chi connectivity index (χ0n) is 17.9. The number of nitrogens with one attached hydrogen (secondary N) is 2. The zero-order chi connectivity index (χ0) is 21.7. The highest BCUT2D eigenvalue weighted by Crippen LogP contribution is 2.24. The SMILES string of the molecule is COCCCn1c(NC(=O)Nc2ccc(C(C)(C)C)cc2)c2ccccc2nc1=O. The molecule has 0 radical (unpaired) electrons. The van der Waals surface area contributed by atoms with E-state index < -0.39 is 11.7 Å². The molecule has 0 fully saturated rings. The van der Waals surface area contributed by atoms with Crippen LogP contribution in [-0.4, -0.2) is 29.3 Å². The molecule has 0 spiro atoms. The summed E-state index contributed by atoms with van der Waals surface area (Å²) in [5.41, 5.74) is 2.02. The first-order valence-corrected chi connectivity index (χ1v) is 9.96. The van der Waals surface area contributed by atoms with Gasteiger partial charge in [0, 0.05) is 31.3 Å². The van der Waals surface area contributed by atoms with Crippen molar-refractivity contribution in [1.82, 2.24) is 9.55 Å². The summed E-state index contributed by atoms with van der Waals surface area (Å²) in [6.45, 7) is 7.31. The van der Waals surface area contributed by atoms with Crippen LogP contribution in [0.25, 0.3) is 10.9 Å². The van der Waals surface area contributed by atoms with Crippen molar-refractivity contribution >= 4 is 28.4 Å². The maximum absolute atomic E-state index is 12.7. The van der Waals surface area contributed by atoms with Crippen LogP contribution in [0.2, 0.25) is 0 Å². The minimum absolute atomic E-state index is 0.0367. The van der Waals surface area contributed by atoms with E-state index in [1.165, 1.54) is 10.1 Å². The van der Waals surface area contributed by atoms with Crippen molar-refractivity contribution < 1.29 is 9.53 Å². The molecule has 0 aliphatic rings. The van der Waals surface area contributed by atoms with Crippen molar-refractivity contribution in [3.05, 3.63) is 64.6 Å². The Kier molecular flexibility index (Phi) is 6.52. The summed E-state index contributed by atoms with van der Waals surface area (Å²) in [7, 11) is 1.61. The number of ether oxygens (including phenoxy) is 1. The van der Waals surface area contributed by atoms with Crippen molar-refractivity contribution in [1.29, 1.82) is 0 Å². The van der Waals surface area contributed by atoms with Crippen LogP contribution >= 0.6 is 0 Å². The molecule has 0 saturated heterocycles. The van der Waals surface area contributed by atoms with Gasteiger partial charge in [0.05, 0.1) is 5.52 Å². The van der Waals surface area contributed by atoms with Crippen molar-refractivity contribution in [3.63, 3.8) is 0 Å². The molecule has 0 aliphatic heterocycles. The van der Waals surface area contributed by atoms with Crippen LogP contribution < -0.4 is 16.3 Å². The summed E-state index contributed by atoms with van der Waals surface area (Å²) in [5, 5.41) is 6.39. The molecule has 7 nitrogen and oxygen atoms in total. The number of fused-ring (bicyclic) bond motifs is 1. The van der Waals surface area contributed by atoms with Gasteiger partial charge in [0.15, 0.2) is 0 Å². The van der Waals surface area contributed by atoms with Gasteiger partial charge in [-0.15, -0.1) is 0 Å². The van der Waals surface area contributed by atoms with E-state index in [4.69, 9.17) is 4.74 Å². The first-order valence-electron chi connectivity index (χ1n) is 9.96. The number of rotatable bonds is 6. The third kappa shape index (κ3) is 5.04. The number of nitrogens with zero attached hydrogens (tertiary/aromatic N) is 2. The quantitative estimate of drug-likeness (QED) is 0.593. The minimum atomic E-state index is -0.422. The van der Waals surface area contributed by atoms with E-state index in [1.54, 1.807) is 13.2 Å². The predicted octanol–water partition coefficient (Wildman–Crippen LogP) is 4.37. The lowest BCUT2D eigenvalue weighted by atomic mass is 9.87. The van der Waals surface area contributed by atoms with Gasteiger partial charge in [-0.1, -0.05) is 45.0 Å². The van der Waals surface area contributed by atoms with E-state index in [1.807, 2.05) is 42.5 Å². The van der Waals surface area contributed by atoms with E-state index in [0.717, 1.165) is 0 Å². The molecular formula is C23H28N4O3. The molecule has 1 aromatic heterocycles. The second-order valence-electron chi connectivity index (χ2n) is 8.16. The van der Waals surface area contributed by atoms with Gasteiger partial charge in [-0.3, -0.25) is 9.88 Å². The molecule has 7 heteroatoms. The molecule has 3 rings (SSSR count). The van der Waals surface area contributed by atoms with Crippen LogP contribution in [0.15, 0.2) is 53.3 Å². The number of methoxy groups -OCH3 is 1. The van der Waals surface area contributed by atoms with Crippen LogP contribution in [0.3, 0.4) is 0 Å². The van der Waals surface area contributed by atoms with Gasteiger partial charge in [0.2, 0.25) is 0 Å². The van der Waals surface area contributed by atoms with Crippen LogP contribution in [0.1, 0.15) is 32.8 Å². The lowest BCUT2D eigenvalue weighted by Gasteiger charge is -2.19.